The molecule has 1 aromatic carbocycles. The first-order valence-corrected chi connectivity index (χ1v) is 8.36. The molecule has 5 heteroatoms. The van der Waals surface area contributed by atoms with Crippen molar-refractivity contribution in [3.8, 4) is 11.5 Å². The average molecular weight is 320 g/mol. The highest BCUT2D eigenvalue weighted by atomic mass is 16.5. The molecule has 1 aliphatic heterocycles. The van der Waals surface area contributed by atoms with Crippen LogP contribution in [0.2, 0.25) is 0 Å². The number of carbonyl (C=O) groups excluding carboxylic acids is 1. The van der Waals surface area contributed by atoms with E-state index in [1.54, 1.807) is 32.4 Å². The third-order valence-electron chi connectivity index (χ3n) is 4.43. The molecule has 1 amide bonds. The Morgan fingerprint density at radius 1 is 1.17 bits per heavy atom. The number of nitrogens with zero attached hydrogens (tertiary/aromatic N) is 1. The van der Waals surface area contributed by atoms with Gasteiger partial charge >= 0.3 is 0 Å². The van der Waals surface area contributed by atoms with Crippen LogP contribution in [0.15, 0.2) is 18.2 Å². The van der Waals surface area contributed by atoms with Crippen LogP contribution < -0.4 is 14.8 Å². The van der Waals surface area contributed by atoms with Crippen LogP contribution >= 0.6 is 0 Å². The second kappa shape index (κ2) is 8.77. The van der Waals surface area contributed by atoms with Gasteiger partial charge in [0.15, 0.2) is 0 Å². The zero-order valence-electron chi connectivity index (χ0n) is 14.4. The van der Waals surface area contributed by atoms with E-state index in [0.29, 0.717) is 23.6 Å². The minimum atomic E-state index is -0.0885. The molecule has 0 radical (unpaired) electrons. The van der Waals surface area contributed by atoms with Crippen molar-refractivity contribution < 1.29 is 14.3 Å². The highest BCUT2D eigenvalue weighted by molar-refractivity contribution is 5.95. The van der Waals surface area contributed by atoms with Gasteiger partial charge in [0.2, 0.25) is 0 Å². The summed E-state index contributed by atoms with van der Waals surface area (Å²) in [5.74, 6) is 2.01. The Balaban J connectivity index is 1.76. The molecule has 0 aliphatic carbocycles. The van der Waals surface area contributed by atoms with E-state index in [2.05, 4.69) is 17.1 Å². The highest BCUT2D eigenvalue weighted by Gasteiger charge is 2.15. The fraction of sp³-hybridized carbons (Fsp3) is 0.611. The van der Waals surface area contributed by atoms with Crippen molar-refractivity contribution in [2.45, 2.75) is 26.2 Å². The zero-order valence-corrected chi connectivity index (χ0v) is 14.4. The third kappa shape index (κ3) is 5.43. The predicted molar refractivity (Wildman–Crippen MR) is 91.3 cm³/mol. The van der Waals surface area contributed by atoms with Crippen molar-refractivity contribution in [1.29, 1.82) is 0 Å². The van der Waals surface area contributed by atoms with Crippen LogP contribution in [0.25, 0.3) is 0 Å². The monoisotopic (exact) mass is 320 g/mol. The number of carbonyl (C=O) groups is 1. The van der Waals surface area contributed by atoms with Crippen molar-refractivity contribution in [2.24, 2.45) is 5.92 Å². The molecule has 1 N–H and O–H groups in total. The second-order valence-corrected chi connectivity index (χ2v) is 6.23. The van der Waals surface area contributed by atoms with Gasteiger partial charge in [-0.05, 0) is 56.9 Å². The van der Waals surface area contributed by atoms with Gasteiger partial charge in [0.25, 0.3) is 5.91 Å². The van der Waals surface area contributed by atoms with E-state index in [4.69, 9.17) is 9.47 Å². The van der Waals surface area contributed by atoms with Crippen LogP contribution in [0.1, 0.15) is 36.5 Å². The Bertz CT molecular complexity index is 489. The first-order chi connectivity index (χ1) is 11.1. The topological polar surface area (TPSA) is 50.8 Å². The van der Waals surface area contributed by atoms with E-state index >= 15 is 0 Å². The highest BCUT2D eigenvalue weighted by Crippen LogP contribution is 2.22. The summed E-state index contributed by atoms with van der Waals surface area (Å²) in [5, 5.41) is 2.97. The maximum Gasteiger partial charge on any atom is 0.251 e. The molecule has 0 saturated carbocycles. The molecule has 1 fully saturated rings. The van der Waals surface area contributed by atoms with Crippen molar-refractivity contribution in [3.05, 3.63) is 23.8 Å². The van der Waals surface area contributed by atoms with Crippen LogP contribution in [-0.4, -0.2) is 51.2 Å². The summed E-state index contributed by atoms with van der Waals surface area (Å²) in [6, 6.07) is 5.21. The summed E-state index contributed by atoms with van der Waals surface area (Å²) in [4.78, 5) is 14.7. The van der Waals surface area contributed by atoms with E-state index in [1.165, 1.54) is 25.9 Å². The van der Waals surface area contributed by atoms with Crippen molar-refractivity contribution >= 4 is 5.91 Å². The fourth-order valence-electron chi connectivity index (χ4n) is 2.83. The smallest absolute Gasteiger partial charge is 0.251 e. The summed E-state index contributed by atoms with van der Waals surface area (Å²) in [5.41, 5.74) is 0.563. The number of benzene rings is 1. The molecule has 0 atom stereocenters. The Labute approximate surface area is 139 Å². The Kier molecular flexibility index (Phi) is 6.71. The minimum absolute atomic E-state index is 0.0885. The summed E-state index contributed by atoms with van der Waals surface area (Å²) >= 11 is 0. The first kappa shape index (κ1) is 17.6. The van der Waals surface area contributed by atoms with E-state index < -0.39 is 0 Å². The molecular formula is C18H28N2O3. The molecule has 5 nitrogen and oxygen atoms in total. The molecule has 1 aliphatic rings. The first-order valence-electron chi connectivity index (χ1n) is 8.36. The standard InChI is InChI=1S/C18H28N2O3/c1-14-5-9-20(10-6-14)8-4-7-19-18(21)15-11-16(22-2)13-17(12-15)23-3/h11-14H,4-10H2,1-3H3,(H,19,21). The molecule has 0 spiro atoms. The van der Waals surface area contributed by atoms with Crippen molar-refractivity contribution in [3.63, 3.8) is 0 Å². The molecule has 0 unspecified atom stereocenters. The molecule has 2 rings (SSSR count). The van der Waals surface area contributed by atoms with E-state index in [9.17, 15) is 4.79 Å². The van der Waals surface area contributed by atoms with Crippen LogP contribution in [0.5, 0.6) is 11.5 Å². The molecule has 0 bridgehead atoms. The van der Waals surface area contributed by atoms with Gasteiger partial charge in [0.05, 0.1) is 14.2 Å². The summed E-state index contributed by atoms with van der Waals surface area (Å²) in [6.45, 7) is 6.42. The normalized spacial score (nSPS) is 16.1. The molecule has 1 heterocycles. The van der Waals surface area contributed by atoms with Crippen LogP contribution in [0, 0.1) is 5.92 Å². The summed E-state index contributed by atoms with van der Waals surface area (Å²) in [7, 11) is 3.16. The Morgan fingerprint density at radius 2 is 1.78 bits per heavy atom. The van der Waals surface area contributed by atoms with Crippen molar-refractivity contribution in [1.82, 2.24) is 10.2 Å². The van der Waals surface area contributed by atoms with E-state index in [1.807, 2.05) is 0 Å². The fourth-order valence-corrected chi connectivity index (χ4v) is 2.83. The van der Waals surface area contributed by atoms with Gasteiger partial charge in [-0.2, -0.15) is 0 Å². The molecule has 1 saturated heterocycles. The van der Waals surface area contributed by atoms with Gasteiger partial charge in [-0.25, -0.2) is 0 Å². The molecular weight excluding hydrogens is 292 g/mol. The lowest BCUT2D eigenvalue weighted by molar-refractivity contribution is 0.0950. The number of likely N-dealkylation sites (tertiary alicyclic amines) is 1. The summed E-state index contributed by atoms with van der Waals surface area (Å²) in [6.07, 6.45) is 3.55. The predicted octanol–water partition coefficient (Wildman–Crippen LogP) is 2.56. The summed E-state index contributed by atoms with van der Waals surface area (Å²) < 4.78 is 10.4. The number of amides is 1. The lowest BCUT2D eigenvalue weighted by Crippen LogP contribution is -2.35. The lowest BCUT2D eigenvalue weighted by atomic mass is 9.99. The maximum absolute atomic E-state index is 12.2. The van der Waals surface area contributed by atoms with Crippen LogP contribution in [0.3, 0.4) is 0 Å². The SMILES string of the molecule is COc1cc(OC)cc(C(=O)NCCCN2CCC(C)CC2)c1. The van der Waals surface area contributed by atoms with Gasteiger partial charge in [-0.3, -0.25) is 4.79 Å². The Morgan fingerprint density at radius 3 is 2.35 bits per heavy atom. The van der Waals surface area contributed by atoms with Gasteiger partial charge in [-0.1, -0.05) is 6.92 Å². The van der Waals surface area contributed by atoms with Gasteiger partial charge in [0.1, 0.15) is 11.5 Å². The van der Waals surface area contributed by atoms with Crippen molar-refractivity contribution in [2.75, 3.05) is 40.4 Å². The number of methoxy groups -OCH3 is 2. The van der Waals surface area contributed by atoms with Crippen LogP contribution in [-0.2, 0) is 0 Å². The number of hydrogen-bond donors (Lipinski definition) is 1. The minimum Gasteiger partial charge on any atom is -0.497 e. The number of piperidine rings is 1. The number of rotatable bonds is 7. The number of ether oxygens (including phenoxy) is 2. The maximum atomic E-state index is 12.2. The molecule has 1 aromatic rings. The largest absolute Gasteiger partial charge is 0.497 e. The third-order valence-corrected chi connectivity index (χ3v) is 4.43. The van der Waals surface area contributed by atoms with E-state index in [-0.39, 0.29) is 5.91 Å². The van der Waals surface area contributed by atoms with Crippen LogP contribution in [0.4, 0.5) is 0 Å². The van der Waals surface area contributed by atoms with E-state index in [0.717, 1.165) is 18.9 Å². The number of nitrogens with one attached hydrogen (secondary N) is 1. The second-order valence-electron chi connectivity index (χ2n) is 6.23. The molecule has 23 heavy (non-hydrogen) atoms. The Hall–Kier alpha value is -1.75. The molecule has 128 valence electrons. The lowest BCUT2D eigenvalue weighted by Gasteiger charge is -2.30. The number of hydrogen-bond acceptors (Lipinski definition) is 4. The average Bonchev–Trinajstić information content (AvgIpc) is 2.59. The quantitative estimate of drug-likeness (QED) is 0.785. The zero-order chi connectivity index (χ0) is 16.7. The molecule has 0 aromatic heterocycles. The van der Waals surface area contributed by atoms with Gasteiger partial charge in [-0.15, -0.1) is 0 Å². The van der Waals surface area contributed by atoms with Gasteiger partial charge in [0, 0.05) is 18.2 Å². The van der Waals surface area contributed by atoms with Gasteiger partial charge < -0.3 is 19.7 Å².